The SMILES string of the molecule is O=C(c1c(-n2cccc2)sc2c1CCSC2)N1CCN(c2ccc([N+](=O)[O-])cc2)CC1. The molecular weight excluding hydrogens is 432 g/mol. The molecule has 1 aromatic carbocycles. The van der Waals surface area contributed by atoms with Gasteiger partial charge in [-0.25, -0.2) is 0 Å². The molecule has 1 amide bonds. The Morgan fingerprint density at radius 3 is 2.42 bits per heavy atom. The molecule has 0 unspecified atom stereocenters. The van der Waals surface area contributed by atoms with Crippen LogP contribution < -0.4 is 4.90 Å². The molecule has 0 spiro atoms. The molecule has 5 rings (SSSR count). The van der Waals surface area contributed by atoms with Crippen LogP contribution in [0, 0.1) is 10.1 Å². The first-order valence-corrected chi connectivity index (χ1v) is 12.2. The smallest absolute Gasteiger partial charge is 0.269 e. The second-order valence-electron chi connectivity index (χ2n) is 7.63. The van der Waals surface area contributed by atoms with Crippen LogP contribution in [-0.4, -0.2) is 52.2 Å². The highest BCUT2D eigenvalue weighted by atomic mass is 32.2. The van der Waals surface area contributed by atoms with Crippen molar-refractivity contribution < 1.29 is 9.72 Å². The number of thioether (sulfide) groups is 1. The summed E-state index contributed by atoms with van der Waals surface area (Å²) in [5.41, 5.74) is 3.15. The molecule has 0 radical (unpaired) electrons. The minimum atomic E-state index is -0.386. The van der Waals surface area contributed by atoms with Crippen molar-refractivity contribution in [1.29, 1.82) is 0 Å². The highest BCUT2D eigenvalue weighted by Gasteiger charge is 2.31. The molecule has 3 aromatic rings. The number of nitro groups is 1. The summed E-state index contributed by atoms with van der Waals surface area (Å²) in [5, 5.41) is 11.9. The third-order valence-corrected chi connectivity index (χ3v) is 8.26. The molecule has 2 aliphatic heterocycles. The highest BCUT2D eigenvalue weighted by Crippen LogP contribution is 2.39. The van der Waals surface area contributed by atoms with E-state index in [4.69, 9.17) is 0 Å². The van der Waals surface area contributed by atoms with Crippen LogP contribution in [0.4, 0.5) is 11.4 Å². The number of carbonyl (C=O) groups is 1. The number of hydrogen-bond acceptors (Lipinski definition) is 6. The molecule has 0 aliphatic carbocycles. The number of piperazine rings is 1. The van der Waals surface area contributed by atoms with E-state index in [1.807, 2.05) is 41.2 Å². The van der Waals surface area contributed by atoms with Gasteiger partial charge in [-0.2, -0.15) is 11.8 Å². The summed E-state index contributed by atoms with van der Waals surface area (Å²) in [7, 11) is 0. The average molecular weight is 455 g/mol. The lowest BCUT2D eigenvalue weighted by atomic mass is 10.1. The molecule has 4 heterocycles. The van der Waals surface area contributed by atoms with E-state index in [2.05, 4.69) is 9.47 Å². The second kappa shape index (κ2) is 8.39. The molecule has 2 aromatic heterocycles. The predicted octanol–water partition coefficient (Wildman–Crippen LogP) is 4.20. The van der Waals surface area contributed by atoms with Crippen molar-refractivity contribution in [2.45, 2.75) is 12.2 Å². The van der Waals surface area contributed by atoms with Crippen molar-refractivity contribution in [3.63, 3.8) is 0 Å². The molecule has 9 heteroatoms. The van der Waals surface area contributed by atoms with Crippen LogP contribution in [0.2, 0.25) is 0 Å². The lowest BCUT2D eigenvalue weighted by Crippen LogP contribution is -2.49. The summed E-state index contributed by atoms with van der Waals surface area (Å²) in [6.07, 6.45) is 4.96. The van der Waals surface area contributed by atoms with Gasteiger partial charge in [-0.1, -0.05) is 0 Å². The third kappa shape index (κ3) is 3.83. The summed E-state index contributed by atoms with van der Waals surface area (Å²) >= 11 is 3.67. The van der Waals surface area contributed by atoms with Gasteiger partial charge in [0.05, 0.1) is 10.5 Å². The first-order chi connectivity index (χ1) is 15.1. The maximum absolute atomic E-state index is 13.6. The van der Waals surface area contributed by atoms with E-state index in [1.165, 1.54) is 22.6 Å². The molecule has 2 aliphatic rings. The van der Waals surface area contributed by atoms with Crippen LogP contribution >= 0.6 is 23.1 Å². The van der Waals surface area contributed by atoms with Crippen LogP contribution in [0.1, 0.15) is 20.8 Å². The van der Waals surface area contributed by atoms with E-state index in [0.717, 1.165) is 34.2 Å². The van der Waals surface area contributed by atoms with Crippen LogP contribution in [0.15, 0.2) is 48.8 Å². The molecule has 160 valence electrons. The van der Waals surface area contributed by atoms with Gasteiger partial charge >= 0.3 is 0 Å². The van der Waals surface area contributed by atoms with E-state index >= 15 is 0 Å². The zero-order chi connectivity index (χ0) is 21.4. The van der Waals surface area contributed by atoms with Crippen molar-refractivity contribution in [2.75, 3.05) is 36.8 Å². The summed E-state index contributed by atoms with van der Waals surface area (Å²) in [6, 6.07) is 10.6. The van der Waals surface area contributed by atoms with Crippen molar-refractivity contribution in [3.8, 4) is 5.00 Å². The molecule has 0 saturated carbocycles. The van der Waals surface area contributed by atoms with Crippen molar-refractivity contribution >= 4 is 40.4 Å². The van der Waals surface area contributed by atoms with E-state index in [9.17, 15) is 14.9 Å². The van der Waals surface area contributed by atoms with E-state index < -0.39 is 0 Å². The molecule has 7 nitrogen and oxygen atoms in total. The lowest BCUT2D eigenvalue weighted by molar-refractivity contribution is -0.384. The molecule has 0 N–H and O–H groups in total. The van der Waals surface area contributed by atoms with E-state index in [0.29, 0.717) is 26.2 Å². The number of nitro benzene ring substituents is 1. The Bertz CT molecular complexity index is 1100. The van der Waals surface area contributed by atoms with Crippen molar-refractivity contribution in [3.05, 3.63) is 74.9 Å². The first-order valence-electron chi connectivity index (χ1n) is 10.3. The molecule has 1 fully saturated rings. The van der Waals surface area contributed by atoms with Crippen LogP contribution in [-0.2, 0) is 12.2 Å². The maximum Gasteiger partial charge on any atom is 0.269 e. The summed E-state index contributed by atoms with van der Waals surface area (Å²) in [6.45, 7) is 2.70. The molecule has 0 atom stereocenters. The van der Waals surface area contributed by atoms with Gasteiger partial charge in [0.2, 0.25) is 0 Å². The normalized spacial score (nSPS) is 16.3. The number of aromatic nitrogens is 1. The Morgan fingerprint density at radius 1 is 1.03 bits per heavy atom. The zero-order valence-electron chi connectivity index (χ0n) is 16.9. The summed E-state index contributed by atoms with van der Waals surface area (Å²) < 4.78 is 2.06. The summed E-state index contributed by atoms with van der Waals surface area (Å²) in [4.78, 5) is 29.6. The Morgan fingerprint density at radius 2 is 1.74 bits per heavy atom. The fraction of sp³-hybridized carbons (Fsp3) is 0.318. The van der Waals surface area contributed by atoms with Crippen LogP contribution in [0.3, 0.4) is 0 Å². The number of carbonyl (C=O) groups excluding carboxylic acids is 1. The number of thiophene rings is 1. The van der Waals surface area contributed by atoms with Crippen molar-refractivity contribution in [2.24, 2.45) is 0 Å². The minimum Gasteiger partial charge on any atom is -0.368 e. The zero-order valence-corrected chi connectivity index (χ0v) is 18.5. The van der Waals surface area contributed by atoms with Gasteiger partial charge in [0.1, 0.15) is 5.00 Å². The number of non-ortho nitro benzene ring substituents is 1. The van der Waals surface area contributed by atoms with E-state index in [-0.39, 0.29) is 16.5 Å². The number of rotatable bonds is 4. The van der Waals surface area contributed by atoms with Gasteiger partial charge in [0.25, 0.3) is 11.6 Å². The van der Waals surface area contributed by atoms with Crippen LogP contribution in [0.25, 0.3) is 5.00 Å². The minimum absolute atomic E-state index is 0.0931. The van der Waals surface area contributed by atoms with Gasteiger partial charge < -0.3 is 14.4 Å². The fourth-order valence-electron chi connectivity index (χ4n) is 4.20. The average Bonchev–Trinajstić information content (AvgIpc) is 3.46. The fourth-order valence-corrected chi connectivity index (χ4v) is 6.64. The highest BCUT2D eigenvalue weighted by molar-refractivity contribution is 7.98. The number of fused-ring (bicyclic) bond motifs is 1. The quantitative estimate of drug-likeness (QED) is 0.436. The second-order valence-corrected chi connectivity index (χ2v) is 9.82. The van der Waals surface area contributed by atoms with Crippen molar-refractivity contribution in [1.82, 2.24) is 9.47 Å². The molecular formula is C22H22N4O3S2. The Kier molecular flexibility index (Phi) is 5.45. The molecule has 0 bridgehead atoms. The topological polar surface area (TPSA) is 71.6 Å². The van der Waals surface area contributed by atoms with Gasteiger partial charge in [-0.3, -0.25) is 14.9 Å². The monoisotopic (exact) mass is 454 g/mol. The number of anilines is 1. The summed E-state index contributed by atoms with van der Waals surface area (Å²) in [5.74, 6) is 2.16. The Hall–Kier alpha value is -2.78. The number of hydrogen-bond donors (Lipinski definition) is 0. The number of nitrogens with zero attached hydrogens (tertiary/aromatic N) is 4. The lowest BCUT2D eigenvalue weighted by Gasteiger charge is -2.36. The van der Waals surface area contributed by atoms with Gasteiger partial charge in [0, 0.05) is 67.0 Å². The molecule has 31 heavy (non-hydrogen) atoms. The van der Waals surface area contributed by atoms with Crippen LogP contribution in [0.5, 0.6) is 0 Å². The Balaban J connectivity index is 1.35. The Labute approximate surface area is 188 Å². The third-order valence-electron chi connectivity index (χ3n) is 5.85. The first kappa shape index (κ1) is 20.1. The standard InChI is InChI=1S/C22H22N4O3S2/c27-21(20-18-7-14-30-15-19(18)31-22(20)25-8-1-2-9-25)24-12-10-23(11-13-24)16-3-5-17(6-4-16)26(28)29/h1-6,8-9H,7,10-15H2. The maximum atomic E-state index is 13.6. The van der Waals surface area contributed by atoms with Gasteiger partial charge in [-0.15, -0.1) is 11.3 Å². The number of benzene rings is 1. The number of amides is 1. The van der Waals surface area contributed by atoms with E-state index in [1.54, 1.807) is 23.5 Å². The largest absolute Gasteiger partial charge is 0.368 e. The van der Waals surface area contributed by atoms with Gasteiger partial charge in [-0.05, 0) is 42.0 Å². The predicted molar refractivity (Wildman–Crippen MR) is 125 cm³/mol. The molecule has 1 saturated heterocycles. The van der Waals surface area contributed by atoms with Gasteiger partial charge in [0.15, 0.2) is 0 Å².